The number of anilines is 1. The third kappa shape index (κ3) is 4.29. The standard InChI is InChI=1S/C15H18N4O4/c1-10-5-6-13(20)12(8-10)16-15(21)4-3-7-18-11(2)9-14(17-18)19(22)23/h5-6,8-9,20H,3-4,7H2,1-2H3,(H,16,21). The lowest BCUT2D eigenvalue weighted by Gasteiger charge is -2.08. The molecule has 1 aromatic carbocycles. The SMILES string of the molecule is Cc1ccc(O)c(NC(=O)CCCn2nc([N+](=O)[O-])cc2C)c1. The van der Waals surface area contributed by atoms with Gasteiger partial charge in [0.2, 0.25) is 5.91 Å². The topological polar surface area (TPSA) is 110 Å². The first-order valence-electron chi connectivity index (χ1n) is 7.15. The highest BCUT2D eigenvalue weighted by Crippen LogP contribution is 2.24. The third-order valence-corrected chi connectivity index (χ3v) is 3.36. The molecule has 0 aliphatic heterocycles. The largest absolute Gasteiger partial charge is 0.506 e. The van der Waals surface area contributed by atoms with E-state index in [1.54, 1.807) is 19.1 Å². The van der Waals surface area contributed by atoms with Crippen molar-refractivity contribution in [3.63, 3.8) is 0 Å². The Morgan fingerprint density at radius 3 is 2.78 bits per heavy atom. The number of benzene rings is 1. The summed E-state index contributed by atoms with van der Waals surface area (Å²) in [7, 11) is 0. The second kappa shape index (κ2) is 6.91. The molecule has 0 spiro atoms. The van der Waals surface area contributed by atoms with Crippen LogP contribution < -0.4 is 5.32 Å². The van der Waals surface area contributed by atoms with Crippen molar-refractivity contribution in [2.24, 2.45) is 0 Å². The molecule has 0 saturated heterocycles. The maximum absolute atomic E-state index is 11.9. The molecule has 1 amide bonds. The monoisotopic (exact) mass is 318 g/mol. The fraction of sp³-hybridized carbons (Fsp3) is 0.333. The van der Waals surface area contributed by atoms with Gasteiger partial charge in [-0.1, -0.05) is 6.07 Å². The molecular formula is C15H18N4O4. The van der Waals surface area contributed by atoms with E-state index in [-0.39, 0.29) is 23.9 Å². The Balaban J connectivity index is 1.87. The smallest absolute Gasteiger partial charge is 0.390 e. The maximum atomic E-state index is 11.9. The van der Waals surface area contributed by atoms with Crippen molar-refractivity contribution in [3.8, 4) is 5.75 Å². The Kier molecular flexibility index (Phi) is 4.95. The number of nitro groups is 1. The van der Waals surface area contributed by atoms with Gasteiger partial charge in [0.15, 0.2) is 0 Å². The zero-order valence-corrected chi connectivity index (χ0v) is 12.9. The molecule has 122 valence electrons. The lowest BCUT2D eigenvalue weighted by Crippen LogP contribution is -2.13. The highest BCUT2D eigenvalue weighted by Gasteiger charge is 2.15. The van der Waals surface area contributed by atoms with Gasteiger partial charge >= 0.3 is 5.82 Å². The number of hydrogen-bond acceptors (Lipinski definition) is 5. The van der Waals surface area contributed by atoms with Crippen LogP contribution in [0.2, 0.25) is 0 Å². The van der Waals surface area contributed by atoms with Gasteiger partial charge in [0.05, 0.1) is 29.1 Å². The van der Waals surface area contributed by atoms with Gasteiger partial charge in [-0.2, -0.15) is 4.68 Å². The van der Waals surface area contributed by atoms with Crippen LogP contribution in [0.4, 0.5) is 11.5 Å². The molecule has 2 aromatic rings. The van der Waals surface area contributed by atoms with E-state index in [4.69, 9.17) is 0 Å². The summed E-state index contributed by atoms with van der Waals surface area (Å²) in [6, 6.07) is 6.36. The van der Waals surface area contributed by atoms with Crippen molar-refractivity contribution in [1.29, 1.82) is 0 Å². The highest BCUT2D eigenvalue weighted by atomic mass is 16.6. The third-order valence-electron chi connectivity index (χ3n) is 3.36. The van der Waals surface area contributed by atoms with Crippen LogP contribution in [0, 0.1) is 24.0 Å². The number of amides is 1. The number of nitrogens with zero attached hydrogens (tertiary/aromatic N) is 3. The van der Waals surface area contributed by atoms with Gasteiger partial charge in [-0.3, -0.25) is 4.79 Å². The molecule has 0 radical (unpaired) electrons. The first kappa shape index (κ1) is 16.5. The van der Waals surface area contributed by atoms with E-state index in [0.29, 0.717) is 24.3 Å². The lowest BCUT2D eigenvalue weighted by molar-refractivity contribution is -0.389. The summed E-state index contributed by atoms with van der Waals surface area (Å²) in [5, 5.41) is 26.8. The van der Waals surface area contributed by atoms with E-state index in [0.717, 1.165) is 5.56 Å². The van der Waals surface area contributed by atoms with Gasteiger partial charge in [-0.25, -0.2) is 0 Å². The molecule has 23 heavy (non-hydrogen) atoms. The van der Waals surface area contributed by atoms with Crippen molar-refractivity contribution < 1.29 is 14.8 Å². The predicted octanol–water partition coefficient (Wildman–Crippen LogP) is 2.53. The number of carbonyl (C=O) groups is 1. The summed E-state index contributed by atoms with van der Waals surface area (Å²) in [5.41, 5.74) is 1.98. The zero-order valence-electron chi connectivity index (χ0n) is 12.9. The number of phenolic OH excluding ortho intramolecular Hbond substituents is 1. The average Bonchev–Trinajstić information content (AvgIpc) is 2.85. The van der Waals surface area contributed by atoms with Crippen molar-refractivity contribution in [2.75, 3.05) is 5.32 Å². The number of aromatic nitrogens is 2. The minimum absolute atomic E-state index is 0.0162. The van der Waals surface area contributed by atoms with E-state index >= 15 is 0 Å². The Labute approximate surface area is 132 Å². The molecule has 0 fully saturated rings. The fourth-order valence-electron chi connectivity index (χ4n) is 2.16. The Morgan fingerprint density at radius 2 is 2.13 bits per heavy atom. The molecule has 0 saturated carbocycles. The molecule has 0 aliphatic rings. The van der Waals surface area contributed by atoms with Crippen molar-refractivity contribution in [2.45, 2.75) is 33.2 Å². The molecule has 2 rings (SSSR count). The van der Waals surface area contributed by atoms with Crippen LogP contribution in [0.25, 0.3) is 0 Å². The molecule has 8 nitrogen and oxygen atoms in total. The van der Waals surface area contributed by atoms with E-state index in [1.807, 2.05) is 6.92 Å². The molecule has 0 unspecified atom stereocenters. The predicted molar refractivity (Wildman–Crippen MR) is 84.3 cm³/mol. The number of nitrogens with one attached hydrogen (secondary N) is 1. The quantitative estimate of drug-likeness (QED) is 0.483. The van der Waals surface area contributed by atoms with Crippen molar-refractivity contribution >= 4 is 17.4 Å². The van der Waals surface area contributed by atoms with Gasteiger partial charge in [0.1, 0.15) is 5.75 Å². The Hall–Kier alpha value is -2.90. The van der Waals surface area contributed by atoms with Crippen LogP contribution in [-0.4, -0.2) is 25.7 Å². The fourth-order valence-corrected chi connectivity index (χ4v) is 2.16. The van der Waals surface area contributed by atoms with Crippen molar-refractivity contribution in [1.82, 2.24) is 9.78 Å². The summed E-state index contributed by atoms with van der Waals surface area (Å²) < 4.78 is 1.51. The first-order chi connectivity index (χ1) is 10.9. The summed E-state index contributed by atoms with van der Waals surface area (Å²) >= 11 is 0. The van der Waals surface area contributed by atoms with Gasteiger partial charge in [-0.15, -0.1) is 0 Å². The normalized spacial score (nSPS) is 10.5. The van der Waals surface area contributed by atoms with Crippen molar-refractivity contribution in [3.05, 3.63) is 45.6 Å². The van der Waals surface area contributed by atoms with E-state index < -0.39 is 4.92 Å². The first-order valence-corrected chi connectivity index (χ1v) is 7.15. The number of rotatable bonds is 6. The van der Waals surface area contributed by atoms with Crippen LogP contribution >= 0.6 is 0 Å². The maximum Gasteiger partial charge on any atom is 0.390 e. The summed E-state index contributed by atoms with van der Waals surface area (Å²) in [6.45, 7) is 4.00. The Morgan fingerprint density at radius 1 is 1.39 bits per heavy atom. The number of hydrogen-bond donors (Lipinski definition) is 2. The van der Waals surface area contributed by atoms with Crippen LogP contribution in [-0.2, 0) is 11.3 Å². The second-order valence-corrected chi connectivity index (χ2v) is 5.30. The lowest BCUT2D eigenvalue weighted by atomic mass is 10.2. The highest BCUT2D eigenvalue weighted by molar-refractivity contribution is 5.92. The van der Waals surface area contributed by atoms with Crippen LogP contribution in [0.3, 0.4) is 0 Å². The second-order valence-electron chi connectivity index (χ2n) is 5.30. The van der Waals surface area contributed by atoms with Crippen LogP contribution in [0.1, 0.15) is 24.1 Å². The minimum Gasteiger partial charge on any atom is -0.506 e. The molecule has 0 atom stereocenters. The summed E-state index contributed by atoms with van der Waals surface area (Å²) in [6.07, 6.45) is 0.707. The summed E-state index contributed by atoms with van der Waals surface area (Å²) in [5.74, 6) is -0.413. The molecule has 8 heteroatoms. The Bertz CT molecular complexity index is 739. The average molecular weight is 318 g/mol. The van der Waals surface area contributed by atoms with Gasteiger partial charge in [0.25, 0.3) is 0 Å². The molecule has 1 aromatic heterocycles. The molecule has 2 N–H and O–H groups in total. The summed E-state index contributed by atoms with van der Waals surface area (Å²) in [4.78, 5) is 22.0. The van der Waals surface area contributed by atoms with Gasteiger partial charge in [0, 0.05) is 6.42 Å². The number of aryl methyl sites for hydroxylation is 3. The number of aromatic hydroxyl groups is 1. The van der Waals surface area contributed by atoms with E-state index in [2.05, 4.69) is 10.4 Å². The van der Waals surface area contributed by atoms with E-state index in [9.17, 15) is 20.0 Å². The minimum atomic E-state index is -0.545. The molecule has 0 bridgehead atoms. The van der Waals surface area contributed by atoms with E-state index in [1.165, 1.54) is 16.8 Å². The molecular weight excluding hydrogens is 300 g/mol. The molecule has 0 aliphatic carbocycles. The van der Waals surface area contributed by atoms with Gasteiger partial charge in [-0.05, 0) is 42.9 Å². The number of phenols is 1. The van der Waals surface area contributed by atoms with Crippen LogP contribution in [0.5, 0.6) is 5.75 Å². The number of carbonyl (C=O) groups excluding carboxylic acids is 1. The van der Waals surface area contributed by atoms with Gasteiger partial charge < -0.3 is 20.5 Å². The van der Waals surface area contributed by atoms with Crippen LogP contribution in [0.15, 0.2) is 24.3 Å². The zero-order chi connectivity index (χ0) is 17.0. The molecule has 1 heterocycles.